The van der Waals surface area contributed by atoms with Crippen LogP contribution in [0, 0.1) is 12.8 Å². The first-order valence-corrected chi connectivity index (χ1v) is 8.24. The van der Waals surface area contributed by atoms with Crippen molar-refractivity contribution in [3.8, 4) is 0 Å². The smallest absolute Gasteiger partial charge is 0.366 e. The monoisotopic (exact) mass is 365 g/mol. The van der Waals surface area contributed by atoms with Crippen molar-refractivity contribution in [3.63, 3.8) is 0 Å². The van der Waals surface area contributed by atoms with Crippen LogP contribution in [0.4, 0.5) is 19.0 Å². The van der Waals surface area contributed by atoms with E-state index in [2.05, 4.69) is 41.2 Å². The van der Waals surface area contributed by atoms with Crippen molar-refractivity contribution >= 4 is 11.6 Å². The van der Waals surface area contributed by atoms with E-state index >= 15 is 0 Å². The SMILES string of the molecule is CC(C)C.Cc1cc(NCc2ccc(C(F)(F)F)cc2)n2ncnc2n1. The molecule has 3 rings (SSSR count). The molecule has 0 spiro atoms. The lowest BCUT2D eigenvalue weighted by Gasteiger charge is -2.10. The van der Waals surface area contributed by atoms with E-state index in [0.717, 1.165) is 29.3 Å². The molecule has 0 amide bonds. The predicted molar refractivity (Wildman–Crippen MR) is 94.8 cm³/mol. The zero-order valence-electron chi connectivity index (χ0n) is 15.2. The van der Waals surface area contributed by atoms with Gasteiger partial charge in [-0.2, -0.15) is 27.8 Å². The average molecular weight is 365 g/mol. The Morgan fingerprint density at radius 2 is 1.73 bits per heavy atom. The fourth-order valence-corrected chi connectivity index (χ4v) is 2.06. The number of rotatable bonds is 3. The minimum Gasteiger partial charge on any atom is -0.366 e. The second-order valence-corrected chi connectivity index (χ2v) is 6.53. The van der Waals surface area contributed by atoms with Gasteiger partial charge in [0.2, 0.25) is 0 Å². The second kappa shape index (κ2) is 8.16. The Kier molecular flexibility index (Phi) is 6.18. The fourth-order valence-electron chi connectivity index (χ4n) is 2.06. The van der Waals surface area contributed by atoms with Crippen LogP contribution in [0.1, 0.15) is 37.6 Å². The molecule has 8 heteroatoms. The van der Waals surface area contributed by atoms with Crippen molar-refractivity contribution in [1.29, 1.82) is 0 Å². The molecule has 2 heterocycles. The van der Waals surface area contributed by atoms with Gasteiger partial charge in [-0.25, -0.2) is 4.98 Å². The molecule has 0 bridgehead atoms. The highest BCUT2D eigenvalue weighted by Gasteiger charge is 2.29. The van der Waals surface area contributed by atoms with Crippen molar-refractivity contribution in [2.45, 2.75) is 40.4 Å². The van der Waals surface area contributed by atoms with Gasteiger partial charge in [0, 0.05) is 18.3 Å². The highest BCUT2D eigenvalue weighted by molar-refractivity contribution is 5.45. The van der Waals surface area contributed by atoms with Crippen LogP contribution in [0.5, 0.6) is 0 Å². The lowest BCUT2D eigenvalue weighted by Crippen LogP contribution is -2.08. The zero-order chi connectivity index (χ0) is 19.3. The molecule has 0 fully saturated rings. The van der Waals surface area contributed by atoms with Crippen LogP contribution in [0.3, 0.4) is 0 Å². The van der Waals surface area contributed by atoms with Crippen LogP contribution in [-0.2, 0) is 12.7 Å². The van der Waals surface area contributed by atoms with E-state index in [9.17, 15) is 13.2 Å². The van der Waals surface area contributed by atoms with E-state index in [1.54, 1.807) is 6.07 Å². The molecule has 0 saturated carbocycles. The number of alkyl halides is 3. The van der Waals surface area contributed by atoms with Gasteiger partial charge in [0.1, 0.15) is 12.1 Å². The number of anilines is 1. The van der Waals surface area contributed by atoms with Crippen LogP contribution >= 0.6 is 0 Å². The number of hydrogen-bond acceptors (Lipinski definition) is 4. The van der Waals surface area contributed by atoms with Gasteiger partial charge < -0.3 is 5.32 Å². The van der Waals surface area contributed by atoms with E-state index in [0.29, 0.717) is 18.1 Å². The Bertz CT molecular complexity index is 835. The van der Waals surface area contributed by atoms with Crippen molar-refractivity contribution < 1.29 is 13.2 Å². The van der Waals surface area contributed by atoms with E-state index < -0.39 is 11.7 Å². The molecule has 5 nitrogen and oxygen atoms in total. The maximum atomic E-state index is 12.5. The van der Waals surface area contributed by atoms with E-state index in [4.69, 9.17) is 0 Å². The van der Waals surface area contributed by atoms with Crippen molar-refractivity contribution in [2.24, 2.45) is 5.92 Å². The Hall–Kier alpha value is -2.64. The van der Waals surface area contributed by atoms with Crippen LogP contribution in [0.15, 0.2) is 36.7 Å². The highest BCUT2D eigenvalue weighted by atomic mass is 19.4. The normalized spacial score (nSPS) is 11.4. The minimum atomic E-state index is -4.32. The maximum absolute atomic E-state index is 12.5. The number of hydrogen-bond donors (Lipinski definition) is 1. The number of aryl methyl sites for hydroxylation is 1. The molecule has 140 valence electrons. The summed E-state index contributed by atoms with van der Waals surface area (Å²) in [7, 11) is 0. The predicted octanol–water partition coefficient (Wildman–Crippen LogP) is 4.73. The quantitative estimate of drug-likeness (QED) is 0.729. The lowest BCUT2D eigenvalue weighted by atomic mass is 10.1. The molecule has 0 aliphatic carbocycles. The third-order valence-electron chi connectivity index (χ3n) is 3.13. The molecule has 0 atom stereocenters. The Morgan fingerprint density at radius 1 is 1.12 bits per heavy atom. The molecule has 3 aromatic rings. The minimum absolute atomic E-state index is 0.372. The summed E-state index contributed by atoms with van der Waals surface area (Å²) in [5.74, 6) is 1.98. The van der Waals surface area contributed by atoms with Gasteiger partial charge in [0.25, 0.3) is 5.78 Å². The number of nitrogens with one attached hydrogen (secondary N) is 1. The van der Waals surface area contributed by atoms with Crippen molar-refractivity contribution in [1.82, 2.24) is 19.6 Å². The molecule has 2 aromatic heterocycles. The van der Waals surface area contributed by atoms with Crippen LogP contribution < -0.4 is 5.32 Å². The summed E-state index contributed by atoms with van der Waals surface area (Å²) in [6.45, 7) is 8.70. The Labute approximate surface area is 150 Å². The molecule has 0 saturated heterocycles. The molecular formula is C18H22F3N5. The number of nitrogens with zero attached hydrogens (tertiary/aromatic N) is 4. The highest BCUT2D eigenvalue weighted by Crippen LogP contribution is 2.29. The number of aromatic nitrogens is 4. The molecule has 1 N–H and O–H groups in total. The van der Waals surface area contributed by atoms with Gasteiger partial charge in [0.15, 0.2) is 0 Å². The molecule has 0 aliphatic rings. The number of fused-ring (bicyclic) bond motifs is 1. The molecule has 26 heavy (non-hydrogen) atoms. The third kappa shape index (κ3) is 5.44. The average Bonchev–Trinajstić information content (AvgIpc) is 3.00. The van der Waals surface area contributed by atoms with Gasteiger partial charge in [0.05, 0.1) is 5.56 Å². The number of halogens is 3. The number of benzene rings is 1. The molecular weight excluding hydrogens is 343 g/mol. The van der Waals surface area contributed by atoms with E-state index in [-0.39, 0.29) is 0 Å². The standard InChI is InChI=1S/C14H12F3N5.C4H10/c1-9-6-12(22-13(21-9)19-8-20-22)18-7-10-2-4-11(5-3-10)14(15,16)17;1-4(2)3/h2-6,8,18H,7H2,1H3;4H,1-3H3. The first-order chi connectivity index (χ1) is 12.2. The largest absolute Gasteiger partial charge is 0.416 e. The summed E-state index contributed by atoms with van der Waals surface area (Å²) in [4.78, 5) is 8.22. The van der Waals surface area contributed by atoms with Gasteiger partial charge >= 0.3 is 6.18 Å². The topological polar surface area (TPSA) is 55.1 Å². The van der Waals surface area contributed by atoms with E-state index in [1.165, 1.54) is 23.0 Å². The molecule has 0 unspecified atom stereocenters. The molecule has 0 aliphatic heterocycles. The summed E-state index contributed by atoms with van der Waals surface area (Å²) in [5.41, 5.74) is 0.848. The lowest BCUT2D eigenvalue weighted by molar-refractivity contribution is -0.137. The summed E-state index contributed by atoms with van der Waals surface area (Å²) in [6, 6.07) is 6.83. The first kappa shape index (κ1) is 19.7. The molecule has 1 aromatic carbocycles. The van der Waals surface area contributed by atoms with Gasteiger partial charge in [-0.1, -0.05) is 32.9 Å². The first-order valence-electron chi connectivity index (χ1n) is 8.24. The zero-order valence-corrected chi connectivity index (χ0v) is 15.2. The Morgan fingerprint density at radius 3 is 2.31 bits per heavy atom. The van der Waals surface area contributed by atoms with Gasteiger partial charge in [-0.15, -0.1) is 0 Å². The van der Waals surface area contributed by atoms with Crippen LogP contribution in [-0.4, -0.2) is 19.6 Å². The third-order valence-corrected chi connectivity index (χ3v) is 3.13. The van der Waals surface area contributed by atoms with Gasteiger partial charge in [-0.05, 0) is 30.5 Å². The van der Waals surface area contributed by atoms with Crippen LogP contribution in [0.25, 0.3) is 5.78 Å². The summed E-state index contributed by atoms with van der Waals surface area (Å²) in [5, 5.41) is 7.18. The molecule has 0 radical (unpaired) electrons. The summed E-state index contributed by atoms with van der Waals surface area (Å²) in [6.07, 6.45) is -2.92. The van der Waals surface area contributed by atoms with Gasteiger partial charge in [-0.3, -0.25) is 0 Å². The fraction of sp³-hybridized carbons (Fsp3) is 0.389. The van der Waals surface area contributed by atoms with E-state index in [1.807, 2.05) is 6.92 Å². The van der Waals surface area contributed by atoms with Crippen molar-refractivity contribution in [2.75, 3.05) is 5.32 Å². The Balaban J connectivity index is 0.000000552. The second-order valence-electron chi connectivity index (χ2n) is 6.53. The van der Waals surface area contributed by atoms with Crippen molar-refractivity contribution in [3.05, 3.63) is 53.5 Å². The van der Waals surface area contributed by atoms with Crippen LogP contribution in [0.2, 0.25) is 0 Å². The summed E-state index contributed by atoms with van der Waals surface area (Å²) < 4.78 is 39.1. The maximum Gasteiger partial charge on any atom is 0.416 e. The summed E-state index contributed by atoms with van der Waals surface area (Å²) >= 11 is 0.